The number of aryl methyl sites for hydroxylation is 2. The lowest BCUT2D eigenvalue weighted by atomic mass is 10.0. The van der Waals surface area contributed by atoms with Crippen molar-refractivity contribution in [1.82, 2.24) is 30.2 Å². The Morgan fingerprint density at radius 3 is 2.49 bits per heavy atom. The predicted molar refractivity (Wildman–Crippen MR) is 134 cm³/mol. The molecule has 8 nitrogen and oxygen atoms in total. The Labute approximate surface area is 205 Å². The van der Waals surface area contributed by atoms with Crippen molar-refractivity contribution in [3.63, 3.8) is 0 Å². The lowest BCUT2D eigenvalue weighted by Crippen LogP contribution is -2.30. The smallest absolute Gasteiger partial charge is 0.249 e. The van der Waals surface area contributed by atoms with Gasteiger partial charge in [0, 0.05) is 35.3 Å². The van der Waals surface area contributed by atoms with E-state index in [0.717, 1.165) is 22.5 Å². The highest BCUT2D eigenvalue weighted by Gasteiger charge is 2.24. The van der Waals surface area contributed by atoms with Crippen LogP contribution in [0.3, 0.4) is 0 Å². The third kappa shape index (κ3) is 5.71. The maximum atomic E-state index is 12.8. The Kier molecular flexibility index (Phi) is 7.19. The van der Waals surface area contributed by atoms with E-state index in [2.05, 4.69) is 56.7 Å². The fourth-order valence-electron chi connectivity index (χ4n) is 3.83. The SMILES string of the molecule is Cc1ccc(Cn2nc(C)c(/C=C/C(=O)NC(c3nc(-c4ccncc4)no3)C(C)C)c2C)cc1. The van der Waals surface area contributed by atoms with Gasteiger partial charge >= 0.3 is 0 Å². The normalized spacial score (nSPS) is 12.4. The molecule has 4 rings (SSSR count). The Morgan fingerprint density at radius 1 is 1.09 bits per heavy atom. The molecule has 180 valence electrons. The molecule has 0 bridgehead atoms. The molecule has 1 amide bonds. The van der Waals surface area contributed by atoms with Gasteiger partial charge in [0.1, 0.15) is 6.04 Å². The number of nitrogens with zero attached hydrogens (tertiary/aromatic N) is 5. The minimum Gasteiger partial charge on any atom is -0.340 e. The molecule has 1 atom stereocenters. The number of rotatable bonds is 8. The molecule has 0 saturated carbocycles. The van der Waals surface area contributed by atoms with E-state index >= 15 is 0 Å². The van der Waals surface area contributed by atoms with Gasteiger partial charge in [-0.1, -0.05) is 48.8 Å². The van der Waals surface area contributed by atoms with Crippen LogP contribution in [0.15, 0.2) is 59.4 Å². The monoisotopic (exact) mass is 470 g/mol. The molecule has 0 aliphatic carbocycles. The van der Waals surface area contributed by atoms with Crippen LogP contribution in [0.1, 0.15) is 53.9 Å². The summed E-state index contributed by atoms with van der Waals surface area (Å²) in [7, 11) is 0. The Bertz CT molecular complexity index is 1320. The van der Waals surface area contributed by atoms with Crippen molar-refractivity contribution in [2.75, 3.05) is 0 Å². The lowest BCUT2D eigenvalue weighted by molar-refractivity contribution is -0.117. The highest BCUT2D eigenvalue weighted by Crippen LogP contribution is 2.23. The van der Waals surface area contributed by atoms with Crippen molar-refractivity contribution in [3.05, 3.63) is 88.8 Å². The van der Waals surface area contributed by atoms with E-state index in [9.17, 15) is 4.79 Å². The lowest BCUT2D eigenvalue weighted by Gasteiger charge is -2.17. The first-order valence-electron chi connectivity index (χ1n) is 11.6. The topological polar surface area (TPSA) is 98.7 Å². The van der Waals surface area contributed by atoms with Gasteiger partial charge in [-0.15, -0.1) is 0 Å². The molecule has 35 heavy (non-hydrogen) atoms. The van der Waals surface area contributed by atoms with Crippen LogP contribution in [0.25, 0.3) is 17.5 Å². The molecule has 0 saturated heterocycles. The summed E-state index contributed by atoms with van der Waals surface area (Å²) in [5.41, 5.74) is 6.03. The molecule has 0 spiro atoms. The molecule has 8 heteroatoms. The summed E-state index contributed by atoms with van der Waals surface area (Å²) in [6.45, 7) is 10.7. The molecule has 1 aromatic carbocycles. The van der Waals surface area contributed by atoms with E-state index < -0.39 is 6.04 Å². The summed E-state index contributed by atoms with van der Waals surface area (Å²) in [5, 5.41) is 11.7. The molecule has 1 unspecified atom stereocenters. The summed E-state index contributed by atoms with van der Waals surface area (Å²) in [6.07, 6.45) is 6.69. The van der Waals surface area contributed by atoms with E-state index in [1.165, 1.54) is 17.2 Å². The van der Waals surface area contributed by atoms with Crippen molar-refractivity contribution in [2.24, 2.45) is 5.92 Å². The van der Waals surface area contributed by atoms with Gasteiger partial charge in [-0.2, -0.15) is 10.1 Å². The molecular weight excluding hydrogens is 440 g/mol. The van der Waals surface area contributed by atoms with Crippen molar-refractivity contribution in [2.45, 2.75) is 47.2 Å². The molecule has 3 heterocycles. The van der Waals surface area contributed by atoms with Crippen LogP contribution in [-0.4, -0.2) is 30.8 Å². The van der Waals surface area contributed by atoms with Crippen LogP contribution in [0.5, 0.6) is 0 Å². The van der Waals surface area contributed by atoms with Crippen LogP contribution in [0.4, 0.5) is 0 Å². The number of aromatic nitrogens is 5. The van der Waals surface area contributed by atoms with Gasteiger partial charge in [-0.25, -0.2) is 0 Å². The number of nitrogens with one attached hydrogen (secondary N) is 1. The number of hydrogen-bond donors (Lipinski definition) is 1. The summed E-state index contributed by atoms with van der Waals surface area (Å²) in [4.78, 5) is 21.3. The average molecular weight is 471 g/mol. The van der Waals surface area contributed by atoms with Crippen molar-refractivity contribution >= 4 is 12.0 Å². The largest absolute Gasteiger partial charge is 0.340 e. The van der Waals surface area contributed by atoms with Crippen LogP contribution < -0.4 is 5.32 Å². The molecule has 0 aliphatic heterocycles. The first-order chi connectivity index (χ1) is 16.8. The molecule has 0 radical (unpaired) electrons. The van der Waals surface area contributed by atoms with E-state index in [1.807, 2.05) is 50.6 Å². The number of carbonyl (C=O) groups is 1. The second kappa shape index (κ2) is 10.5. The number of pyridine rings is 1. The third-order valence-electron chi connectivity index (χ3n) is 5.90. The Morgan fingerprint density at radius 2 is 1.80 bits per heavy atom. The van der Waals surface area contributed by atoms with Crippen LogP contribution in [-0.2, 0) is 11.3 Å². The van der Waals surface area contributed by atoms with E-state index in [-0.39, 0.29) is 11.8 Å². The Balaban J connectivity index is 1.46. The summed E-state index contributed by atoms with van der Waals surface area (Å²) >= 11 is 0. The van der Waals surface area contributed by atoms with Gasteiger partial charge < -0.3 is 9.84 Å². The molecule has 4 aromatic rings. The number of amides is 1. The molecule has 3 aromatic heterocycles. The number of benzene rings is 1. The predicted octanol–water partition coefficient (Wildman–Crippen LogP) is 4.83. The van der Waals surface area contributed by atoms with E-state index in [1.54, 1.807) is 12.4 Å². The van der Waals surface area contributed by atoms with Gasteiger partial charge in [0.15, 0.2) is 0 Å². The van der Waals surface area contributed by atoms with E-state index in [0.29, 0.717) is 18.3 Å². The maximum absolute atomic E-state index is 12.8. The van der Waals surface area contributed by atoms with Gasteiger partial charge in [0.25, 0.3) is 0 Å². The van der Waals surface area contributed by atoms with Gasteiger partial charge in [0.2, 0.25) is 17.6 Å². The van der Waals surface area contributed by atoms with E-state index in [4.69, 9.17) is 4.52 Å². The summed E-state index contributed by atoms with van der Waals surface area (Å²) in [5.74, 6) is 0.646. The fraction of sp³-hybridized carbons (Fsp3) is 0.296. The van der Waals surface area contributed by atoms with Crippen LogP contribution >= 0.6 is 0 Å². The fourth-order valence-corrected chi connectivity index (χ4v) is 3.83. The summed E-state index contributed by atoms with van der Waals surface area (Å²) < 4.78 is 7.44. The second-order valence-electron chi connectivity index (χ2n) is 8.98. The first kappa shape index (κ1) is 24.1. The zero-order valence-electron chi connectivity index (χ0n) is 20.7. The maximum Gasteiger partial charge on any atom is 0.249 e. The van der Waals surface area contributed by atoms with Gasteiger partial charge in [-0.05, 0) is 50.5 Å². The molecule has 1 N–H and O–H groups in total. The molecular formula is C27H30N6O2. The molecule has 0 aliphatic rings. The van der Waals surface area contributed by atoms with Crippen molar-refractivity contribution in [1.29, 1.82) is 0 Å². The Hall–Kier alpha value is -4.07. The minimum absolute atomic E-state index is 0.0545. The first-order valence-corrected chi connectivity index (χ1v) is 11.6. The highest BCUT2D eigenvalue weighted by atomic mass is 16.5. The minimum atomic E-state index is -0.415. The van der Waals surface area contributed by atoms with Crippen molar-refractivity contribution < 1.29 is 9.32 Å². The average Bonchev–Trinajstić information content (AvgIpc) is 3.43. The molecule has 0 fully saturated rings. The zero-order valence-corrected chi connectivity index (χ0v) is 20.7. The van der Waals surface area contributed by atoms with Gasteiger partial charge in [-0.3, -0.25) is 14.5 Å². The highest BCUT2D eigenvalue weighted by molar-refractivity contribution is 5.92. The quantitative estimate of drug-likeness (QED) is 0.371. The third-order valence-corrected chi connectivity index (χ3v) is 5.90. The zero-order chi connectivity index (χ0) is 24.9. The standard InChI is InChI=1S/C27H30N6O2/c1-17(2)25(27-30-26(32-35-27)22-12-14-28-15-13-22)29-24(34)11-10-23-19(4)31-33(20(23)5)16-21-8-6-18(3)7-9-21/h6-15,17,25H,16H2,1-5H3,(H,29,34)/b11-10+. The number of carbonyl (C=O) groups excluding carboxylic acids is 1. The summed E-state index contributed by atoms with van der Waals surface area (Å²) in [6, 6.07) is 11.6. The second-order valence-corrected chi connectivity index (χ2v) is 8.98. The number of hydrogen-bond acceptors (Lipinski definition) is 6. The van der Waals surface area contributed by atoms with Crippen molar-refractivity contribution in [3.8, 4) is 11.4 Å². The van der Waals surface area contributed by atoms with Gasteiger partial charge in [0.05, 0.1) is 12.2 Å². The van der Waals surface area contributed by atoms with Crippen LogP contribution in [0, 0.1) is 26.7 Å². The van der Waals surface area contributed by atoms with Crippen LogP contribution in [0.2, 0.25) is 0 Å².